The molecule has 5 heterocycles. The van der Waals surface area contributed by atoms with Crippen LogP contribution in [0.15, 0.2) is 28.8 Å². The first-order valence-corrected chi connectivity index (χ1v) is 11.7. The fourth-order valence-electron chi connectivity index (χ4n) is 4.33. The number of amides is 2. The second-order valence-electron chi connectivity index (χ2n) is 8.24. The summed E-state index contributed by atoms with van der Waals surface area (Å²) < 4.78 is 16.4. The van der Waals surface area contributed by atoms with Crippen LogP contribution in [0.1, 0.15) is 28.7 Å². The van der Waals surface area contributed by atoms with Gasteiger partial charge < -0.3 is 9.80 Å². The molecule has 1 atom stereocenters. The lowest BCUT2D eigenvalue weighted by Gasteiger charge is -2.37. The Balaban J connectivity index is 1.29. The van der Waals surface area contributed by atoms with E-state index in [9.17, 15) is 9.18 Å². The van der Waals surface area contributed by atoms with Gasteiger partial charge in [-0.1, -0.05) is 0 Å². The van der Waals surface area contributed by atoms with Crippen LogP contribution in [0.5, 0.6) is 0 Å². The fourth-order valence-corrected chi connectivity index (χ4v) is 4.99. The second-order valence-corrected chi connectivity index (χ2v) is 9.31. The highest BCUT2D eigenvalue weighted by Crippen LogP contribution is 2.31. The molecule has 2 amide bonds. The predicted octanol–water partition coefficient (Wildman–Crippen LogP) is 3.37. The molecule has 3 aromatic rings. The number of carbonyl (C=O) groups is 1. The molecular weight excluding hydrogens is 443 g/mol. The summed E-state index contributed by atoms with van der Waals surface area (Å²) in [6, 6.07) is 2.81. The van der Waals surface area contributed by atoms with E-state index < -0.39 is 0 Å². The van der Waals surface area contributed by atoms with Crippen molar-refractivity contribution in [2.45, 2.75) is 26.3 Å². The van der Waals surface area contributed by atoms with Crippen LogP contribution in [0.4, 0.5) is 15.0 Å². The minimum atomic E-state index is -0.374. The van der Waals surface area contributed by atoms with E-state index in [1.54, 1.807) is 39.4 Å². The predicted molar refractivity (Wildman–Crippen MR) is 125 cm³/mol. The Bertz CT molecular complexity index is 1190. The van der Waals surface area contributed by atoms with Gasteiger partial charge in [-0.3, -0.25) is 4.68 Å². The molecule has 2 aliphatic rings. The summed E-state index contributed by atoms with van der Waals surface area (Å²) in [5, 5.41) is 13.0. The highest BCUT2D eigenvalue weighted by atomic mass is 32.1. The summed E-state index contributed by atoms with van der Waals surface area (Å²) in [7, 11) is 1.85. The molecule has 11 heteroatoms. The van der Waals surface area contributed by atoms with Gasteiger partial charge in [-0.15, -0.1) is 11.3 Å². The quantitative estimate of drug-likeness (QED) is 0.589. The van der Waals surface area contributed by atoms with E-state index in [0.29, 0.717) is 44.1 Å². The average molecular weight is 469 g/mol. The topological polar surface area (TPSA) is 82.8 Å². The highest BCUT2D eigenvalue weighted by Gasteiger charge is 2.34. The standard InChI is InChI=1S/C22H25FN8OS/c1-14-12-25-28(3)20(14)17-5-4-16(23)21(27-17)29-8-10-30(11-9-29)22(32)31-19(6-7-24-31)18-13-33-15(2)26-18/h4-5,7,12-13,19H,6,8-11H2,1-3H3. The number of hydrazone groups is 1. The van der Waals surface area contributed by atoms with Gasteiger partial charge in [0, 0.05) is 51.2 Å². The number of carbonyl (C=O) groups excluding carboxylic acids is 1. The van der Waals surface area contributed by atoms with E-state index in [1.165, 1.54) is 11.1 Å². The van der Waals surface area contributed by atoms with Crippen LogP contribution in [0.25, 0.3) is 11.4 Å². The van der Waals surface area contributed by atoms with Gasteiger partial charge in [-0.05, 0) is 31.5 Å². The van der Waals surface area contributed by atoms with Crippen molar-refractivity contribution in [3.05, 3.63) is 45.8 Å². The summed E-state index contributed by atoms with van der Waals surface area (Å²) in [5.41, 5.74) is 3.39. The molecule has 5 rings (SSSR count). The summed E-state index contributed by atoms with van der Waals surface area (Å²) >= 11 is 1.57. The summed E-state index contributed by atoms with van der Waals surface area (Å²) in [6.07, 6.45) is 4.19. The Morgan fingerprint density at radius 3 is 2.61 bits per heavy atom. The van der Waals surface area contributed by atoms with Crippen LogP contribution < -0.4 is 4.90 Å². The number of hydrogen-bond acceptors (Lipinski definition) is 7. The Hall–Kier alpha value is -3.34. The molecule has 2 aliphatic heterocycles. The summed E-state index contributed by atoms with van der Waals surface area (Å²) in [6.45, 7) is 5.81. The van der Waals surface area contributed by atoms with Crippen molar-refractivity contribution >= 4 is 29.4 Å². The Kier molecular flexibility index (Phi) is 5.57. The number of piperazine rings is 1. The van der Waals surface area contributed by atoms with E-state index in [2.05, 4.69) is 20.2 Å². The first kappa shape index (κ1) is 21.5. The Morgan fingerprint density at radius 2 is 1.94 bits per heavy atom. The minimum Gasteiger partial charge on any atom is -0.351 e. The molecule has 0 aromatic carbocycles. The van der Waals surface area contributed by atoms with E-state index >= 15 is 0 Å². The number of rotatable bonds is 3. The Labute approximate surface area is 195 Å². The molecule has 9 nitrogen and oxygen atoms in total. The van der Waals surface area contributed by atoms with Crippen LogP contribution in [-0.4, -0.2) is 68.1 Å². The smallest absolute Gasteiger partial charge is 0.341 e. The zero-order valence-corrected chi connectivity index (χ0v) is 19.6. The normalized spacial score (nSPS) is 18.4. The minimum absolute atomic E-state index is 0.147. The zero-order valence-electron chi connectivity index (χ0n) is 18.8. The third-order valence-electron chi connectivity index (χ3n) is 6.05. The Morgan fingerprint density at radius 1 is 1.15 bits per heavy atom. The maximum absolute atomic E-state index is 14.7. The highest BCUT2D eigenvalue weighted by molar-refractivity contribution is 7.09. The summed E-state index contributed by atoms with van der Waals surface area (Å²) in [4.78, 5) is 26.0. The zero-order chi connectivity index (χ0) is 23.1. The largest absolute Gasteiger partial charge is 0.351 e. The van der Waals surface area contributed by atoms with Crippen LogP contribution in [0.2, 0.25) is 0 Å². The molecule has 0 radical (unpaired) electrons. The van der Waals surface area contributed by atoms with Crippen molar-refractivity contribution in [1.29, 1.82) is 0 Å². The van der Waals surface area contributed by atoms with Gasteiger partial charge in [0.2, 0.25) is 0 Å². The number of aromatic nitrogens is 4. The maximum Gasteiger partial charge on any atom is 0.341 e. The second kappa shape index (κ2) is 8.54. The molecule has 0 N–H and O–H groups in total. The van der Waals surface area contributed by atoms with E-state index in [-0.39, 0.29) is 17.9 Å². The van der Waals surface area contributed by atoms with Gasteiger partial charge in [-0.25, -0.2) is 24.2 Å². The lowest BCUT2D eigenvalue weighted by atomic mass is 10.2. The molecule has 1 unspecified atom stereocenters. The summed E-state index contributed by atoms with van der Waals surface area (Å²) in [5.74, 6) is -0.0725. The molecule has 0 saturated carbocycles. The van der Waals surface area contributed by atoms with Crippen LogP contribution >= 0.6 is 11.3 Å². The molecule has 1 saturated heterocycles. The van der Waals surface area contributed by atoms with Crippen LogP contribution in [0.3, 0.4) is 0 Å². The molecule has 1 fully saturated rings. The van der Waals surface area contributed by atoms with Gasteiger partial charge in [0.15, 0.2) is 11.6 Å². The number of pyridine rings is 1. The third kappa shape index (κ3) is 3.97. The van der Waals surface area contributed by atoms with Gasteiger partial charge in [0.05, 0.1) is 28.3 Å². The van der Waals surface area contributed by atoms with Gasteiger partial charge in [0.25, 0.3) is 0 Å². The molecule has 172 valence electrons. The molecule has 3 aromatic heterocycles. The van der Waals surface area contributed by atoms with Crippen LogP contribution in [-0.2, 0) is 7.05 Å². The fraction of sp³-hybridized carbons (Fsp3) is 0.409. The van der Waals surface area contributed by atoms with Gasteiger partial charge in [-0.2, -0.15) is 10.2 Å². The lowest BCUT2D eigenvalue weighted by Crippen LogP contribution is -2.52. The molecule has 0 aliphatic carbocycles. The van der Waals surface area contributed by atoms with Gasteiger partial charge in [0.1, 0.15) is 6.04 Å². The number of hydrogen-bond donors (Lipinski definition) is 0. The molecular formula is C22H25FN8OS. The maximum atomic E-state index is 14.7. The number of thiazole rings is 1. The van der Waals surface area contributed by atoms with Crippen molar-refractivity contribution in [3.63, 3.8) is 0 Å². The van der Waals surface area contributed by atoms with Crippen molar-refractivity contribution in [2.24, 2.45) is 12.1 Å². The lowest BCUT2D eigenvalue weighted by molar-refractivity contribution is 0.138. The van der Waals surface area contributed by atoms with Crippen molar-refractivity contribution in [1.82, 2.24) is 29.7 Å². The third-order valence-corrected chi connectivity index (χ3v) is 6.84. The first-order valence-electron chi connectivity index (χ1n) is 10.9. The first-order chi connectivity index (χ1) is 15.9. The van der Waals surface area contributed by atoms with E-state index in [4.69, 9.17) is 0 Å². The van der Waals surface area contributed by atoms with Crippen molar-refractivity contribution in [3.8, 4) is 11.4 Å². The van der Waals surface area contributed by atoms with E-state index in [0.717, 1.165) is 22.0 Å². The molecule has 33 heavy (non-hydrogen) atoms. The van der Waals surface area contributed by atoms with Gasteiger partial charge >= 0.3 is 6.03 Å². The number of halogens is 1. The van der Waals surface area contributed by atoms with Crippen molar-refractivity contribution < 1.29 is 9.18 Å². The van der Waals surface area contributed by atoms with Crippen molar-refractivity contribution in [2.75, 3.05) is 31.1 Å². The SMILES string of the molecule is Cc1nc(C2CC=NN2C(=O)N2CCN(c3nc(-c4c(C)cnn4C)ccc3F)CC2)cs1. The monoisotopic (exact) mass is 468 g/mol. The van der Waals surface area contributed by atoms with E-state index in [1.807, 2.05) is 31.2 Å². The number of nitrogens with zero attached hydrogens (tertiary/aromatic N) is 8. The number of aryl methyl sites for hydroxylation is 3. The number of urea groups is 1. The van der Waals surface area contributed by atoms with Crippen LogP contribution in [0, 0.1) is 19.7 Å². The average Bonchev–Trinajstić information content (AvgIpc) is 3.54. The molecule has 0 bridgehead atoms. The number of anilines is 1. The molecule has 0 spiro atoms.